The normalized spacial score (nSPS) is 12.7. The number of hydrogen-bond donors (Lipinski definition) is 2. The molecule has 0 aromatic carbocycles. The Morgan fingerprint density at radius 1 is 1.56 bits per heavy atom. The van der Waals surface area contributed by atoms with Crippen molar-refractivity contribution in [2.24, 2.45) is 0 Å². The van der Waals surface area contributed by atoms with E-state index in [1.54, 1.807) is 0 Å². The summed E-state index contributed by atoms with van der Waals surface area (Å²) in [7, 11) is 0. The zero-order chi connectivity index (χ0) is 12.0. The molecule has 0 radical (unpaired) electrons. The number of aliphatic hydroxyl groups is 2. The average molecular weight is 260 g/mol. The number of hydrogen-bond acceptors (Lipinski definition) is 5. The van der Waals surface area contributed by atoms with Crippen LogP contribution in [0.25, 0.3) is 0 Å². The third-order valence-corrected chi connectivity index (χ3v) is 4.40. The zero-order valence-corrected chi connectivity index (χ0v) is 10.8. The maximum atomic E-state index is 11.7. The number of carbonyl (C=O) groups is 1. The van der Waals surface area contributed by atoms with E-state index in [2.05, 4.69) is 6.92 Å². The third kappa shape index (κ3) is 4.25. The highest BCUT2D eigenvalue weighted by atomic mass is 32.2. The van der Waals surface area contributed by atoms with Gasteiger partial charge in [-0.2, -0.15) is 11.8 Å². The first-order valence-electron chi connectivity index (χ1n) is 5.16. The number of carbonyl (C=O) groups excluding carboxylic acids is 1. The summed E-state index contributed by atoms with van der Waals surface area (Å²) < 4.78 is 0. The first-order valence-corrected chi connectivity index (χ1v) is 7.13. The van der Waals surface area contributed by atoms with Crippen LogP contribution in [0.4, 0.5) is 0 Å². The summed E-state index contributed by atoms with van der Waals surface area (Å²) in [5, 5.41) is 17.7. The van der Waals surface area contributed by atoms with E-state index >= 15 is 0 Å². The minimum Gasteiger partial charge on any atom is -0.394 e. The molecular weight excluding hydrogens is 244 g/mol. The van der Waals surface area contributed by atoms with Gasteiger partial charge in [0.2, 0.25) is 0 Å². The minimum absolute atomic E-state index is 0.0971. The lowest BCUT2D eigenvalue weighted by molar-refractivity contribution is 0.102. The topological polar surface area (TPSA) is 57.5 Å². The van der Waals surface area contributed by atoms with E-state index in [1.165, 1.54) is 28.0 Å². The van der Waals surface area contributed by atoms with Crippen LogP contribution in [-0.2, 0) is 6.42 Å². The molecule has 90 valence electrons. The van der Waals surface area contributed by atoms with Crippen molar-refractivity contribution < 1.29 is 15.0 Å². The van der Waals surface area contributed by atoms with Crippen molar-refractivity contribution in [2.45, 2.75) is 19.4 Å². The number of thiophene rings is 1. The Bertz CT molecular complexity index is 336. The molecule has 0 saturated carbocycles. The van der Waals surface area contributed by atoms with E-state index in [4.69, 9.17) is 10.2 Å². The van der Waals surface area contributed by atoms with Gasteiger partial charge in [-0.1, -0.05) is 6.92 Å². The lowest BCUT2D eigenvalue weighted by atomic mass is 10.3. The van der Waals surface area contributed by atoms with Crippen LogP contribution >= 0.6 is 23.1 Å². The molecule has 0 saturated heterocycles. The fourth-order valence-corrected chi connectivity index (χ4v) is 2.94. The molecule has 0 bridgehead atoms. The molecule has 0 aliphatic heterocycles. The Morgan fingerprint density at radius 3 is 2.88 bits per heavy atom. The van der Waals surface area contributed by atoms with E-state index < -0.39 is 6.10 Å². The van der Waals surface area contributed by atoms with Crippen molar-refractivity contribution in [3.63, 3.8) is 0 Å². The highest BCUT2D eigenvalue weighted by Crippen LogP contribution is 2.19. The van der Waals surface area contributed by atoms with Crippen molar-refractivity contribution in [2.75, 3.05) is 18.1 Å². The molecular formula is C11H16O3S2. The van der Waals surface area contributed by atoms with E-state index in [-0.39, 0.29) is 12.4 Å². The Balaban J connectivity index is 2.35. The van der Waals surface area contributed by atoms with Crippen LogP contribution in [0.5, 0.6) is 0 Å². The van der Waals surface area contributed by atoms with Gasteiger partial charge in [0.1, 0.15) is 0 Å². The maximum Gasteiger partial charge on any atom is 0.182 e. The monoisotopic (exact) mass is 260 g/mol. The number of ketones is 1. The molecule has 1 heterocycles. The van der Waals surface area contributed by atoms with Gasteiger partial charge in [0.15, 0.2) is 5.78 Å². The van der Waals surface area contributed by atoms with Gasteiger partial charge in [-0.15, -0.1) is 11.3 Å². The molecule has 0 aliphatic rings. The molecule has 16 heavy (non-hydrogen) atoms. The predicted octanol–water partition coefficient (Wildman–Crippen LogP) is 1.58. The highest BCUT2D eigenvalue weighted by molar-refractivity contribution is 8.00. The summed E-state index contributed by atoms with van der Waals surface area (Å²) in [6.45, 7) is 1.81. The summed E-state index contributed by atoms with van der Waals surface area (Å²) in [6.07, 6.45) is 0.223. The number of Topliss-reactive ketones (excluding diaryl/α,β-unsaturated/α-hetero) is 1. The molecule has 1 aromatic heterocycles. The quantitative estimate of drug-likeness (QED) is 0.731. The number of aryl methyl sites for hydroxylation is 1. The first-order chi connectivity index (χ1) is 7.67. The van der Waals surface area contributed by atoms with Gasteiger partial charge in [0.25, 0.3) is 0 Å². The molecule has 0 spiro atoms. The van der Waals surface area contributed by atoms with Crippen molar-refractivity contribution in [3.05, 3.63) is 21.9 Å². The van der Waals surface area contributed by atoms with Gasteiger partial charge in [0.05, 0.1) is 23.3 Å². The molecule has 3 nitrogen and oxygen atoms in total. The van der Waals surface area contributed by atoms with Crippen LogP contribution in [0, 0.1) is 0 Å². The standard InChI is InChI=1S/C11H16O3S2/c1-2-9-3-4-11(16-9)10(14)7-15-6-8(13)5-12/h3-4,8,12-13H,2,5-7H2,1H3. The van der Waals surface area contributed by atoms with Crippen molar-refractivity contribution in [1.82, 2.24) is 0 Å². The zero-order valence-electron chi connectivity index (χ0n) is 9.18. The summed E-state index contributed by atoms with van der Waals surface area (Å²) in [6, 6.07) is 3.83. The number of aliphatic hydroxyl groups excluding tert-OH is 2. The van der Waals surface area contributed by atoms with Crippen LogP contribution < -0.4 is 0 Å². The average Bonchev–Trinajstić information content (AvgIpc) is 2.77. The highest BCUT2D eigenvalue weighted by Gasteiger charge is 2.10. The van der Waals surface area contributed by atoms with E-state index in [9.17, 15) is 4.79 Å². The van der Waals surface area contributed by atoms with Crippen molar-refractivity contribution in [3.8, 4) is 0 Å². The SMILES string of the molecule is CCc1ccc(C(=O)CSCC(O)CO)s1. The largest absolute Gasteiger partial charge is 0.394 e. The number of thioether (sulfide) groups is 1. The molecule has 1 atom stereocenters. The number of rotatable bonds is 7. The second kappa shape index (κ2) is 7.06. The van der Waals surface area contributed by atoms with Crippen LogP contribution in [0.15, 0.2) is 12.1 Å². The van der Waals surface area contributed by atoms with Gasteiger partial charge in [-0.05, 0) is 18.6 Å². The molecule has 2 N–H and O–H groups in total. The third-order valence-electron chi connectivity index (χ3n) is 2.04. The summed E-state index contributed by atoms with van der Waals surface area (Å²) in [5.74, 6) is 0.856. The van der Waals surface area contributed by atoms with Crippen molar-refractivity contribution in [1.29, 1.82) is 0 Å². The summed E-state index contributed by atoms with van der Waals surface area (Å²) >= 11 is 2.88. The van der Waals surface area contributed by atoms with Crippen LogP contribution in [0.2, 0.25) is 0 Å². The second-order valence-corrected chi connectivity index (χ2v) is 5.59. The van der Waals surface area contributed by atoms with E-state index in [1.807, 2.05) is 12.1 Å². The first kappa shape index (κ1) is 13.7. The fraction of sp³-hybridized carbons (Fsp3) is 0.545. The summed E-state index contributed by atoms with van der Waals surface area (Å²) in [4.78, 5) is 13.7. The molecule has 5 heteroatoms. The Kier molecular flexibility index (Phi) is 6.05. The van der Waals surface area contributed by atoms with Gasteiger partial charge < -0.3 is 10.2 Å². The molecule has 0 aliphatic carbocycles. The van der Waals surface area contributed by atoms with Crippen molar-refractivity contribution >= 4 is 28.9 Å². The molecule has 1 rings (SSSR count). The minimum atomic E-state index is -0.729. The summed E-state index contributed by atoms with van der Waals surface area (Å²) in [5.41, 5.74) is 0. The smallest absolute Gasteiger partial charge is 0.182 e. The Labute approximate surface area is 103 Å². The second-order valence-electron chi connectivity index (χ2n) is 3.39. The van der Waals surface area contributed by atoms with Gasteiger partial charge in [-0.3, -0.25) is 4.79 Å². The fourth-order valence-electron chi connectivity index (χ4n) is 1.13. The Hall–Kier alpha value is -0.360. The predicted molar refractivity (Wildman–Crippen MR) is 68.4 cm³/mol. The van der Waals surface area contributed by atoms with Gasteiger partial charge in [-0.25, -0.2) is 0 Å². The maximum absolute atomic E-state index is 11.7. The van der Waals surface area contributed by atoms with Crippen LogP contribution in [-0.4, -0.2) is 40.2 Å². The van der Waals surface area contributed by atoms with Crippen LogP contribution in [0.3, 0.4) is 0 Å². The lowest BCUT2D eigenvalue weighted by Gasteiger charge is -2.04. The lowest BCUT2D eigenvalue weighted by Crippen LogP contribution is -2.16. The molecule has 0 amide bonds. The van der Waals surface area contributed by atoms with E-state index in [0.29, 0.717) is 11.5 Å². The van der Waals surface area contributed by atoms with Crippen LogP contribution in [0.1, 0.15) is 21.5 Å². The molecule has 1 unspecified atom stereocenters. The van der Waals surface area contributed by atoms with Gasteiger partial charge >= 0.3 is 0 Å². The Morgan fingerprint density at radius 2 is 2.31 bits per heavy atom. The molecule has 1 aromatic rings. The molecule has 0 fully saturated rings. The van der Waals surface area contributed by atoms with Gasteiger partial charge in [0, 0.05) is 10.6 Å². The van der Waals surface area contributed by atoms with E-state index in [0.717, 1.165) is 11.3 Å².